The fourth-order valence-electron chi connectivity index (χ4n) is 1.46. The first kappa shape index (κ1) is 13.1. The van der Waals surface area contributed by atoms with Crippen molar-refractivity contribution >= 4 is 34.7 Å². The molecule has 0 fully saturated rings. The van der Waals surface area contributed by atoms with Crippen LogP contribution in [0, 0.1) is 0 Å². The zero-order valence-corrected chi connectivity index (χ0v) is 11.3. The van der Waals surface area contributed by atoms with E-state index >= 15 is 0 Å². The highest BCUT2D eigenvalue weighted by Crippen LogP contribution is 2.23. The van der Waals surface area contributed by atoms with Crippen LogP contribution in [0.1, 0.15) is 4.88 Å². The van der Waals surface area contributed by atoms with E-state index in [0.717, 1.165) is 9.21 Å². The van der Waals surface area contributed by atoms with Crippen LogP contribution in [0.3, 0.4) is 0 Å². The van der Waals surface area contributed by atoms with Gasteiger partial charge in [-0.2, -0.15) is 5.10 Å². The normalized spacial score (nSPS) is 10.6. The number of rotatable bonds is 5. The third kappa shape index (κ3) is 3.32. The summed E-state index contributed by atoms with van der Waals surface area (Å²) < 4.78 is 7.20. The van der Waals surface area contributed by atoms with E-state index in [1.807, 2.05) is 12.1 Å². The number of hydrogen-bond acceptors (Lipinski definition) is 4. The summed E-state index contributed by atoms with van der Waals surface area (Å²) in [6, 6.07) is 5.52. The van der Waals surface area contributed by atoms with Crippen LogP contribution in [0.25, 0.3) is 0 Å². The molecule has 1 N–H and O–H groups in total. The SMILES string of the molecule is COCC(=O)Nc1ccnn1Cc1ccc(Cl)s1. The summed E-state index contributed by atoms with van der Waals surface area (Å²) in [6.45, 7) is 0.600. The minimum absolute atomic E-state index is 0.0238. The molecule has 0 saturated carbocycles. The van der Waals surface area contributed by atoms with Gasteiger partial charge in [-0.15, -0.1) is 11.3 Å². The molecular formula is C11H12ClN3O2S. The summed E-state index contributed by atoms with van der Waals surface area (Å²) in [7, 11) is 1.48. The molecule has 0 aliphatic carbocycles. The van der Waals surface area contributed by atoms with E-state index in [0.29, 0.717) is 12.4 Å². The van der Waals surface area contributed by atoms with Crippen LogP contribution >= 0.6 is 22.9 Å². The summed E-state index contributed by atoms with van der Waals surface area (Å²) in [6.07, 6.45) is 1.64. The van der Waals surface area contributed by atoms with E-state index < -0.39 is 0 Å². The zero-order valence-electron chi connectivity index (χ0n) is 9.72. The van der Waals surface area contributed by atoms with E-state index in [9.17, 15) is 4.79 Å². The summed E-state index contributed by atoms with van der Waals surface area (Å²) in [5.41, 5.74) is 0. The molecule has 2 rings (SSSR count). The van der Waals surface area contributed by atoms with Gasteiger partial charge in [0.15, 0.2) is 0 Å². The Morgan fingerprint density at radius 1 is 1.56 bits per heavy atom. The van der Waals surface area contributed by atoms with Crippen molar-refractivity contribution in [3.05, 3.63) is 33.6 Å². The summed E-state index contributed by atoms with van der Waals surface area (Å²) in [5, 5.41) is 6.89. The molecule has 0 aromatic carbocycles. The van der Waals surface area contributed by atoms with E-state index in [2.05, 4.69) is 10.4 Å². The lowest BCUT2D eigenvalue weighted by Crippen LogP contribution is -2.19. The average Bonchev–Trinajstić information content (AvgIpc) is 2.90. The van der Waals surface area contributed by atoms with Crippen molar-refractivity contribution in [2.45, 2.75) is 6.54 Å². The predicted molar refractivity (Wildman–Crippen MR) is 71.2 cm³/mol. The van der Waals surface area contributed by atoms with Crippen LogP contribution in [0.2, 0.25) is 4.34 Å². The van der Waals surface area contributed by atoms with E-state index in [4.69, 9.17) is 16.3 Å². The van der Waals surface area contributed by atoms with Crippen molar-refractivity contribution in [1.82, 2.24) is 9.78 Å². The van der Waals surface area contributed by atoms with Crippen molar-refractivity contribution in [3.8, 4) is 0 Å². The van der Waals surface area contributed by atoms with Gasteiger partial charge in [-0.3, -0.25) is 4.79 Å². The number of carbonyl (C=O) groups excluding carboxylic acids is 1. The molecule has 2 aromatic heterocycles. The Labute approximate surface area is 113 Å². The zero-order chi connectivity index (χ0) is 13.0. The van der Waals surface area contributed by atoms with Gasteiger partial charge in [-0.05, 0) is 12.1 Å². The number of anilines is 1. The third-order valence-corrected chi connectivity index (χ3v) is 3.41. The maximum atomic E-state index is 11.4. The van der Waals surface area contributed by atoms with Gasteiger partial charge in [0.25, 0.3) is 5.91 Å². The van der Waals surface area contributed by atoms with E-state index in [1.54, 1.807) is 16.9 Å². The van der Waals surface area contributed by atoms with E-state index in [1.165, 1.54) is 18.4 Å². The van der Waals surface area contributed by atoms with Gasteiger partial charge in [-0.1, -0.05) is 11.6 Å². The van der Waals surface area contributed by atoms with Crippen LogP contribution in [0.15, 0.2) is 24.4 Å². The fraction of sp³-hybridized carbons (Fsp3) is 0.273. The number of aromatic nitrogens is 2. The van der Waals surface area contributed by atoms with Gasteiger partial charge in [0.05, 0.1) is 17.1 Å². The molecule has 0 spiro atoms. The largest absolute Gasteiger partial charge is 0.375 e. The molecule has 5 nitrogen and oxygen atoms in total. The molecule has 2 aromatic rings. The molecule has 0 aliphatic heterocycles. The number of amides is 1. The molecule has 1 amide bonds. The number of ether oxygens (including phenoxy) is 1. The molecule has 0 aliphatic rings. The second-order valence-corrected chi connectivity index (χ2v) is 5.36. The Balaban J connectivity index is 2.05. The molecule has 2 heterocycles. The quantitative estimate of drug-likeness (QED) is 0.916. The first-order valence-corrected chi connectivity index (χ1v) is 6.43. The molecule has 0 radical (unpaired) electrons. The highest BCUT2D eigenvalue weighted by Gasteiger charge is 2.08. The van der Waals surface area contributed by atoms with Gasteiger partial charge in [0.2, 0.25) is 0 Å². The lowest BCUT2D eigenvalue weighted by atomic mass is 10.4. The van der Waals surface area contributed by atoms with Gasteiger partial charge in [-0.25, -0.2) is 4.68 Å². The summed E-state index contributed by atoms with van der Waals surface area (Å²) in [4.78, 5) is 12.5. The molecule has 0 atom stereocenters. The Kier molecular flexibility index (Phi) is 4.35. The highest BCUT2D eigenvalue weighted by atomic mass is 35.5. The molecule has 0 saturated heterocycles. The van der Waals surface area contributed by atoms with Gasteiger partial charge in [0, 0.05) is 18.1 Å². The van der Waals surface area contributed by atoms with Gasteiger partial charge in [0.1, 0.15) is 12.4 Å². The van der Waals surface area contributed by atoms with Crippen LogP contribution in [0.4, 0.5) is 5.82 Å². The first-order chi connectivity index (χ1) is 8.69. The Bertz CT molecular complexity index is 538. The molecule has 7 heteroatoms. The Morgan fingerprint density at radius 2 is 2.39 bits per heavy atom. The highest BCUT2D eigenvalue weighted by molar-refractivity contribution is 7.16. The number of methoxy groups -OCH3 is 1. The maximum absolute atomic E-state index is 11.4. The van der Waals surface area contributed by atoms with Crippen molar-refractivity contribution in [2.75, 3.05) is 19.0 Å². The number of thiophene rings is 1. The summed E-state index contributed by atoms with van der Waals surface area (Å²) >= 11 is 7.36. The van der Waals surface area contributed by atoms with Crippen LogP contribution in [-0.4, -0.2) is 29.4 Å². The van der Waals surface area contributed by atoms with Gasteiger partial charge < -0.3 is 10.1 Å². The van der Waals surface area contributed by atoms with Crippen LogP contribution < -0.4 is 5.32 Å². The van der Waals surface area contributed by atoms with E-state index in [-0.39, 0.29) is 12.5 Å². The lowest BCUT2D eigenvalue weighted by Gasteiger charge is -2.07. The maximum Gasteiger partial charge on any atom is 0.251 e. The average molecular weight is 286 g/mol. The predicted octanol–water partition coefficient (Wildman–Crippen LogP) is 2.23. The molecule has 18 heavy (non-hydrogen) atoms. The molecule has 96 valence electrons. The van der Waals surface area contributed by atoms with Crippen molar-refractivity contribution < 1.29 is 9.53 Å². The van der Waals surface area contributed by atoms with Crippen molar-refractivity contribution in [2.24, 2.45) is 0 Å². The van der Waals surface area contributed by atoms with Crippen molar-refractivity contribution in [3.63, 3.8) is 0 Å². The number of carbonyl (C=O) groups is 1. The Morgan fingerprint density at radius 3 is 3.06 bits per heavy atom. The number of hydrogen-bond donors (Lipinski definition) is 1. The number of nitrogens with one attached hydrogen (secondary N) is 1. The second-order valence-electron chi connectivity index (χ2n) is 3.56. The molecule has 0 unspecified atom stereocenters. The minimum atomic E-state index is -0.205. The van der Waals surface area contributed by atoms with Crippen LogP contribution in [-0.2, 0) is 16.1 Å². The smallest absolute Gasteiger partial charge is 0.251 e. The third-order valence-electron chi connectivity index (χ3n) is 2.19. The van der Waals surface area contributed by atoms with Crippen LogP contribution in [0.5, 0.6) is 0 Å². The summed E-state index contributed by atoms with van der Waals surface area (Å²) in [5.74, 6) is 0.435. The number of halogens is 1. The lowest BCUT2D eigenvalue weighted by molar-refractivity contribution is -0.119. The fourth-order valence-corrected chi connectivity index (χ4v) is 2.53. The van der Waals surface area contributed by atoms with Gasteiger partial charge >= 0.3 is 0 Å². The molecule has 0 bridgehead atoms. The minimum Gasteiger partial charge on any atom is -0.375 e. The standard InChI is InChI=1S/C11H12ClN3O2S/c1-17-7-11(16)14-10-4-5-13-15(10)6-8-2-3-9(12)18-8/h2-5H,6-7H2,1H3,(H,14,16). The topological polar surface area (TPSA) is 56.1 Å². The van der Waals surface area contributed by atoms with Crippen molar-refractivity contribution in [1.29, 1.82) is 0 Å². The number of nitrogens with zero attached hydrogens (tertiary/aromatic N) is 2. The Hall–Kier alpha value is -1.37. The molecular weight excluding hydrogens is 274 g/mol. The monoisotopic (exact) mass is 285 g/mol. The second kappa shape index (κ2) is 5.99. The first-order valence-electron chi connectivity index (χ1n) is 5.24.